The Bertz CT molecular complexity index is 664. The molecule has 0 spiro atoms. The fraction of sp³-hybridized carbons (Fsp3) is 0.286. The van der Waals surface area contributed by atoms with Crippen LogP contribution in [-0.2, 0) is 11.5 Å². The summed E-state index contributed by atoms with van der Waals surface area (Å²) in [4.78, 5) is 26.1. The second kappa shape index (κ2) is 7.12. The van der Waals surface area contributed by atoms with Crippen molar-refractivity contribution in [1.82, 2.24) is 9.55 Å². The van der Waals surface area contributed by atoms with Crippen molar-refractivity contribution in [2.45, 2.75) is 18.6 Å². The van der Waals surface area contributed by atoms with Gasteiger partial charge in [-0.05, 0) is 19.1 Å². The van der Waals surface area contributed by atoms with Crippen molar-refractivity contribution >= 4 is 11.8 Å². The Morgan fingerprint density at radius 2 is 2.00 bits per heavy atom. The predicted molar refractivity (Wildman–Crippen MR) is 79.2 cm³/mol. The van der Waals surface area contributed by atoms with Gasteiger partial charge in [0.2, 0.25) is 0 Å². The van der Waals surface area contributed by atoms with Gasteiger partial charge in [0.15, 0.2) is 0 Å². The van der Waals surface area contributed by atoms with Crippen molar-refractivity contribution in [2.75, 3.05) is 12.4 Å². The van der Waals surface area contributed by atoms with Crippen molar-refractivity contribution in [2.24, 2.45) is 0 Å². The van der Waals surface area contributed by atoms with E-state index >= 15 is 0 Å². The van der Waals surface area contributed by atoms with Crippen LogP contribution in [0.1, 0.15) is 5.56 Å². The molecule has 0 amide bonds. The fourth-order valence-corrected chi connectivity index (χ4v) is 2.40. The standard InChI is InChI=1S/C14H16N2O3S/c1-11-9-16(14(18)15-13(11)17)10-19-7-8-20-12-5-3-2-4-6-12/h2-6,9H,7-8,10H2,1H3,(H,15,17,18). The lowest BCUT2D eigenvalue weighted by atomic mass is 10.4. The average molecular weight is 292 g/mol. The number of benzene rings is 1. The van der Waals surface area contributed by atoms with Gasteiger partial charge in [-0.2, -0.15) is 0 Å². The average Bonchev–Trinajstić information content (AvgIpc) is 2.45. The molecule has 0 saturated heterocycles. The third kappa shape index (κ3) is 4.11. The molecule has 1 N–H and O–H groups in total. The number of H-pyrrole nitrogens is 1. The van der Waals surface area contributed by atoms with E-state index in [1.54, 1.807) is 18.7 Å². The summed E-state index contributed by atoms with van der Waals surface area (Å²) in [5.74, 6) is 0.807. The molecule has 0 aliphatic carbocycles. The highest BCUT2D eigenvalue weighted by Crippen LogP contribution is 2.16. The first-order valence-corrected chi connectivity index (χ1v) is 7.21. The number of hydrogen-bond acceptors (Lipinski definition) is 4. The normalized spacial score (nSPS) is 10.7. The molecule has 2 aromatic rings. The fourth-order valence-electron chi connectivity index (χ4n) is 1.61. The highest BCUT2D eigenvalue weighted by molar-refractivity contribution is 7.99. The Labute approximate surface area is 120 Å². The van der Waals surface area contributed by atoms with Gasteiger partial charge in [-0.3, -0.25) is 14.3 Å². The maximum Gasteiger partial charge on any atom is 0.330 e. The van der Waals surface area contributed by atoms with Crippen LogP contribution in [-0.4, -0.2) is 21.9 Å². The van der Waals surface area contributed by atoms with E-state index in [-0.39, 0.29) is 12.3 Å². The van der Waals surface area contributed by atoms with Crippen LogP contribution in [0.15, 0.2) is 51.0 Å². The lowest BCUT2D eigenvalue weighted by Crippen LogP contribution is -2.31. The van der Waals surface area contributed by atoms with E-state index in [2.05, 4.69) is 4.98 Å². The van der Waals surface area contributed by atoms with Crippen molar-refractivity contribution in [1.29, 1.82) is 0 Å². The number of aromatic nitrogens is 2. The Morgan fingerprint density at radius 3 is 2.75 bits per heavy atom. The summed E-state index contributed by atoms with van der Waals surface area (Å²) in [5, 5.41) is 0. The van der Waals surface area contributed by atoms with E-state index in [0.29, 0.717) is 12.2 Å². The maximum absolute atomic E-state index is 11.5. The topological polar surface area (TPSA) is 64.1 Å². The van der Waals surface area contributed by atoms with Crippen LogP contribution in [0.4, 0.5) is 0 Å². The second-order valence-corrected chi connectivity index (χ2v) is 5.41. The highest BCUT2D eigenvalue weighted by atomic mass is 32.2. The summed E-state index contributed by atoms with van der Waals surface area (Å²) in [6.07, 6.45) is 1.51. The molecule has 2 rings (SSSR count). The minimum atomic E-state index is -0.448. The van der Waals surface area contributed by atoms with Crippen LogP contribution in [0.5, 0.6) is 0 Å². The molecule has 0 fully saturated rings. The number of ether oxygens (including phenoxy) is 1. The predicted octanol–water partition coefficient (Wildman–Crippen LogP) is 1.61. The number of aryl methyl sites for hydroxylation is 1. The van der Waals surface area contributed by atoms with Crippen LogP contribution >= 0.6 is 11.8 Å². The minimum absolute atomic E-state index is 0.145. The third-order valence-corrected chi connectivity index (χ3v) is 3.64. The molecule has 0 atom stereocenters. The van der Waals surface area contributed by atoms with Gasteiger partial charge in [0.25, 0.3) is 5.56 Å². The van der Waals surface area contributed by atoms with Crippen molar-refractivity contribution < 1.29 is 4.74 Å². The van der Waals surface area contributed by atoms with E-state index in [0.717, 1.165) is 5.75 Å². The molecule has 0 radical (unpaired) electrons. The number of hydrogen-bond donors (Lipinski definition) is 1. The summed E-state index contributed by atoms with van der Waals surface area (Å²) in [6.45, 7) is 2.33. The number of rotatable bonds is 6. The number of thioether (sulfide) groups is 1. The van der Waals surface area contributed by atoms with E-state index in [1.807, 2.05) is 30.3 Å². The zero-order chi connectivity index (χ0) is 14.4. The Balaban J connectivity index is 1.78. The molecule has 1 aromatic heterocycles. The van der Waals surface area contributed by atoms with Crippen LogP contribution in [0.25, 0.3) is 0 Å². The lowest BCUT2D eigenvalue weighted by Gasteiger charge is -2.07. The zero-order valence-electron chi connectivity index (χ0n) is 11.2. The van der Waals surface area contributed by atoms with Crippen molar-refractivity contribution in [3.8, 4) is 0 Å². The van der Waals surface area contributed by atoms with Gasteiger partial charge in [0.1, 0.15) is 6.73 Å². The summed E-state index contributed by atoms with van der Waals surface area (Å²) >= 11 is 1.70. The third-order valence-electron chi connectivity index (χ3n) is 2.66. The Morgan fingerprint density at radius 1 is 1.25 bits per heavy atom. The number of nitrogens with zero attached hydrogens (tertiary/aromatic N) is 1. The SMILES string of the molecule is Cc1cn(COCCSc2ccccc2)c(=O)[nH]c1=O. The summed E-state index contributed by atoms with van der Waals surface area (Å²) in [5.41, 5.74) is -0.311. The Hall–Kier alpha value is -1.79. The van der Waals surface area contributed by atoms with Gasteiger partial charge in [-0.15, -0.1) is 11.8 Å². The first-order chi connectivity index (χ1) is 9.66. The van der Waals surface area contributed by atoms with Crippen LogP contribution in [0.3, 0.4) is 0 Å². The zero-order valence-corrected chi connectivity index (χ0v) is 12.0. The molecular weight excluding hydrogens is 276 g/mol. The minimum Gasteiger partial charge on any atom is -0.360 e. The van der Waals surface area contributed by atoms with Gasteiger partial charge in [-0.1, -0.05) is 18.2 Å². The van der Waals surface area contributed by atoms with E-state index in [9.17, 15) is 9.59 Å². The molecule has 6 heteroatoms. The van der Waals surface area contributed by atoms with Crippen molar-refractivity contribution in [3.05, 3.63) is 62.9 Å². The molecule has 0 unspecified atom stereocenters. The largest absolute Gasteiger partial charge is 0.360 e. The van der Waals surface area contributed by atoms with Gasteiger partial charge in [0.05, 0.1) is 6.61 Å². The summed E-state index contributed by atoms with van der Waals surface area (Å²) in [7, 11) is 0. The quantitative estimate of drug-likeness (QED) is 0.649. The first kappa shape index (κ1) is 14.6. The van der Waals surface area contributed by atoms with E-state index in [4.69, 9.17) is 4.74 Å². The van der Waals surface area contributed by atoms with Gasteiger partial charge < -0.3 is 4.74 Å². The van der Waals surface area contributed by atoms with E-state index in [1.165, 1.54) is 15.7 Å². The number of aromatic amines is 1. The smallest absolute Gasteiger partial charge is 0.330 e. The summed E-state index contributed by atoms with van der Waals surface area (Å²) < 4.78 is 6.79. The van der Waals surface area contributed by atoms with Crippen molar-refractivity contribution in [3.63, 3.8) is 0 Å². The van der Waals surface area contributed by atoms with Crippen LogP contribution in [0.2, 0.25) is 0 Å². The molecule has 20 heavy (non-hydrogen) atoms. The molecular formula is C14H16N2O3S. The lowest BCUT2D eigenvalue weighted by molar-refractivity contribution is 0.0862. The van der Waals surface area contributed by atoms with Crippen LogP contribution < -0.4 is 11.2 Å². The molecule has 1 heterocycles. The maximum atomic E-state index is 11.5. The Kier molecular flexibility index (Phi) is 5.20. The molecule has 5 nitrogen and oxygen atoms in total. The molecule has 0 saturated carbocycles. The monoisotopic (exact) mass is 292 g/mol. The molecule has 0 aliphatic rings. The summed E-state index contributed by atoms with van der Waals surface area (Å²) in [6, 6.07) is 10.0. The molecule has 106 valence electrons. The van der Waals surface area contributed by atoms with Gasteiger partial charge >= 0.3 is 5.69 Å². The molecule has 0 aliphatic heterocycles. The second-order valence-electron chi connectivity index (χ2n) is 4.24. The molecule has 1 aromatic carbocycles. The van der Waals surface area contributed by atoms with E-state index < -0.39 is 5.69 Å². The highest BCUT2D eigenvalue weighted by Gasteiger charge is 2.00. The van der Waals surface area contributed by atoms with Gasteiger partial charge in [0, 0.05) is 22.4 Å². The van der Waals surface area contributed by atoms with Gasteiger partial charge in [-0.25, -0.2) is 4.79 Å². The van der Waals surface area contributed by atoms with Crippen LogP contribution in [0, 0.1) is 6.92 Å². The molecule has 0 bridgehead atoms. The number of nitrogens with one attached hydrogen (secondary N) is 1. The first-order valence-electron chi connectivity index (χ1n) is 6.23.